The van der Waals surface area contributed by atoms with Crippen LogP contribution >= 0.6 is 0 Å². The Morgan fingerprint density at radius 1 is 0.844 bits per heavy atom. The summed E-state index contributed by atoms with van der Waals surface area (Å²) in [5, 5.41) is 42.5. The number of H-pyrrole nitrogens is 1. The second kappa shape index (κ2) is 7.98. The van der Waals surface area contributed by atoms with Gasteiger partial charge in [-0.25, -0.2) is 9.59 Å². The molecule has 0 spiro atoms. The van der Waals surface area contributed by atoms with Crippen molar-refractivity contribution in [2.24, 2.45) is 0 Å². The van der Waals surface area contributed by atoms with Gasteiger partial charge >= 0.3 is 11.9 Å². The maximum Gasteiger partial charge on any atom is 0.339 e. The molecule has 1 heterocycles. The summed E-state index contributed by atoms with van der Waals surface area (Å²) >= 11 is 0. The van der Waals surface area contributed by atoms with Gasteiger partial charge in [-0.3, -0.25) is 19.5 Å². The van der Waals surface area contributed by atoms with Crippen molar-refractivity contribution in [1.29, 1.82) is 0 Å². The monoisotopic (exact) mass is 442 g/mol. The fourth-order valence-electron chi connectivity index (χ4n) is 2.78. The Hall–Kier alpha value is -5.07. The van der Waals surface area contributed by atoms with Crippen LogP contribution in [0.15, 0.2) is 41.2 Å². The second-order valence-corrected chi connectivity index (χ2v) is 6.31. The average Bonchev–Trinajstić information content (AvgIpc) is 3.01. The molecule has 0 aliphatic rings. The summed E-state index contributed by atoms with van der Waals surface area (Å²) in [6.45, 7) is 0. The van der Waals surface area contributed by atoms with Gasteiger partial charge in [0.1, 0.15) is 28.3 Å². The zero-order valence-corrected chi connectivity index (χ0v) is 15.8. The van der Waals surface area contributed by atoms with Gasteiger partial charge in [0.05, 0.1) is 11.1 Å². The second-order valence-electron chi connectivity index (χ2n) is 6.31. The summed E-state index contributed by atoms with van der Waals surface area (Å²) < 4.78 is 0.332. The number of carboxylic acids is 2. The third-order valence-electron chi connectivity index (χ3n) is 4.38. The first-order valence-corrected chi connectivity index (χ1v) is 8.61. The number of anilines is 2. The third kappa shape index (κ3) is 3.60. The maximum absolute atomic E-state index is 12.7. The van der Waals surface area contributed by atoms with Crippen LogP contribution in [-0.4, -0.2) is 54.0 Å². The Bertz CT molecular complexity index is 1350. The number of nitrogens with zero attached hydrogens (tertiary/aromatic N) is 1. The predicted octanol–water partition coefficient (Wildman–Crippen LogP) is 0.507. The molecule has 1 aromatic heterocycles. The lowest BCUT2D eigenvalue weighted by Crippen LogP contribution is -2.26. The van der Waals surface area contributed by atoms with Crippen LogP contribution in [0.25, 0.3) is 0 Å². The Morgan fingerprint density at radius 2 is 1.31 bits per heavy atom. The minimum Gasteiger partial charge on any atom is -0.506 e. The summed E-state index contributed by atoms with van der Waals surface area (Å²) in [7, 11) is 0. The number of nitrogen functional groups attached to an aromatic ring is 1. The molecule has 0 unspecified atom stereocenters. The van der Waals surface area contributed by atoms with Crippen LogP contribution in [0.4, 0.5) is 11.5 Å². The quantitative estimate of drug-likeness (QED) is 0.289. The van der Waals surface area contributed by atoms with E-state index in [0.717, 1.165) is 24.3 Å². The summed E-state index contributed by atoms with van der Waals surface area (Å²) in [6.07, 6.45) is 0. The van der Waals surface area contributed by atoms with Gasteiger partial charge in [-0.15, -0.1) is 0 Å². The topological polar surface area (TPSA) is 225 Å². The number of nitrogens with two attached hydrogens (primary N) is 1. The Balaban J connectivity index is 1.98. The van der Waals surface area contributed by atoms with Gasteiger partial charge in [-0.2, -0.15) is 4.68 Å². The number of aromatic nitrogens is 2. The molecule has 0 saturated carbocycles. The third-order valence-corrected chi connectivity index (χ3v) is 4.38. The van der Waals surface area contributed by atoms with E-state index in [0.29, 0.717) is 4.68 Å². The molecule has 0 atom stereocenters. The maximum atomic E-state index is 12.7. The number of phenols is 2. The number of rotatable bonds is 5. The molecular formula is C19H14N4O9. The minimum atomic E-state index is -1.51. The number of para-hydroxylation sites is 2. The first kappa shape index (κ1) is 21.6. The molecule has 0 aliphatic carbocycles. The molecule has 0 aliphatic heterocycles. The van der Waals surface area contributed by atoms with Crippen LogP contribution in [0.1, 0.15) is 41.4 Å². The Morgan fingerprint density at radius 3 is 1.84 bits per heavy atom. The van der Waals surface area contributed by atoms with E-state index in [1.807, 2.05) is 0 Å². The van der Waals surface area contributed by atoms with Crippen molar-refractivity contribution in [2.45, 2.75) is 0 Å². The molecule has 2 aromatic carbocycles. The molecule has 3 rings (SSSR count). The Labute approximate surface area is 176 Å². The van der Waals surface area contributed by atoms with Gasteiger partial charge < -0.3 is 31.5 Å². The van der Waals surface area contributed by atoms with Crippen LogP contribution in [-0.2, 0) is 0 Å². The van der Waals surface area contributed by atoms with Crippen molar-refractivity contribution in [3.8, 4) is 11.5 Å². The van der Waals surface area contributed by atoms with Crippen LogP contribution in [0.2, 0.25) is 0 Å². The molecule has 32 heavy (non-hydrogen) atoms. The smallest absolute Gasteiger partial charge is 0.339 e. The van der Waals surface area contributed by atoms with Crippen molar-refractivity contribution >= 4 is 35.3 Å². The summed E-state index contributed by atoms with van der Waals surface area (Å²) in [5.74, 6) is -7.37. The molecule has 8 N–H and O–H groups in total. The highest BCUT2D eigenvalue weighted by atomic mass is 16.4. The first-order chi connectivity index (χ1) is 15.0. The highest BCUT2D eigenvalue weighted by Crippen LogP contribution is 2.25. The van der Waals surface area contributed by atoms with Gasteiger partial charge in [-0.05, 0) is 24.3 Å². The lowest BCUT2D eigenvalue weighted by atomic mass is 10.1. The number of aromatic carboxylic acids is 2. The van der Waals surface area contributed by atoms with Crippen molar-refractivity contribution in [3.05, 3.63) is 69.0 Å². The fourth-order valence-corrected chi connectivity index (χ4v) is 2.78. The van der Waals surface area contributed by atoms with E-state index in [1.165, 1.54) is 12.1 Å². The highest BCUT2D eigenvalue weighted by molar-refractivity contribution is 6.09. The lowest BCUT2D eigenvalue weighted by Gasteiger charge is -2.08. The molecule has 0 bridgehead atoms. The van der Waals surface area contributed by atoms with Gasteiger partial charge in [0.2, 0.25) is 0 Å². The molecule has 0 fully saturated rings. The minimum absolute atomic E-state index is 0.332. The largest absolute Gasteiger partial charge is 0.506 e. The number of aromatic amines is 1. The molecular weight excluding hydrogens is 428 g/mol. The van der Waals surface area contributed by atoms with Crippen molar-refractivity contribution in [3.63, 3.8) is 0 Å². The van der Waals surface area contributed by atoms with Crippen molar-refractivity contribution in [2.75, 3.05) is 11.1 Å². The predicted molar refractivity (Wildman–Crippen MR) is 107 cm³/mol. The van der Waals surface area contributed by atoms with E-state index in [-0.39, 0.29) is 0 Å². The van der Waals surface area contributed by atoms with Gasteiger partial charge in [-0.1, -0.05) is 12.1 Å². The molecule has 164 valence electrons. The van der Waals surface area contributed by atoms with Crippen LogP contribution in [0, 0.1) is 0 Å². The number of carboxylic acid groups (broad SMARTS) is 2. The van der Waals surface area contributed by atoms with Gasteiger partial charge in [0.15, 0.2) is 5.82 Å². The lowest BCUT2D eigenvalue weighted by molar-refractivity contribution is 0.0682. The fraction of sp³-hybridized carbons (Fsp3) is 0. The molecule has 0 radical (unpaired) electrons. The normalized spacial score (nSPS) is 10.5. The van der Waals surface area contributed by atoms with Gasteiger partial charge in [0.25, 0.3) is 17.4 Å². The van der Waals surface area contributed by atoms with Gasteiger partial charge in [0, 0.05) is 0 Å². The average molecular weight is 442 g/mol. The molecule has 0 saturated heterocycles. The molecule has 13 heteroatoms. The van der Waals surface area contributed by atoms with Crippen LogP contribution in [0.3, 0.4) is 0 Å². The number of hydrogen-bond acceptors (Lipinski definition) is 8. The number of carbonyl (C=O) groups excluding carboxylic acids is 2. The van der Waals surface area contributed by atoms with E-state index in [2.05, 4.69) is 10.4 Å². The number of hydrogen-bond donors (Lipinski definition) is 7. The molecule has 13 nitrogen and oxygen atoms in total. The number of nitrogens with one attached hydrogen (secondary N) is 2. The van der Waals surface area contributed by atoms with Crippen molar-refractivity contribution in [1.82, 2.24) is 9.78 Å². The molecule has 3 aromatic rings. The number of amides is 1. The summed E-state index contributed by atoms with van der Waals surface area (Å²) in [6, 6.07) is 6.68. The molecule has 1 amide bonds. The van der Waals surface area contributed by atoms with E-state index in [1.54, 1.807) is 0 Å². The summed E-state index contributed by atoms with van der Waals surface area (Å²) in [5.41, 5.74) is 1.80. The zero-order chi connectivity index (χ0) is 23.7. The highest BCUT2D eigenvalue weighted by Gasteiger charge is 2.25. The zero-order valence-electron chi connectivity index (χ0n) is 15.8. The van der Waals surface area contributed by atoms with Crippen LogP contribution in [0.5, 0.6) is 11.5 Å². The Kier molecular flexibility index (Phi) is 5.40. The van der Waals surface area contributed by atoms with E-state index >= 15 is 0 Å². The summed E-state index contributed by atoms with van der Waals surface area (Å²) in [4.78, 5) is 59.7. The SMILES string of the molecule is Nc1c(NC(=O)c2cccc(C(=O)O)c2O)[nH]n(C(=O)c2cccc(C(=O)O)c2O)c1=O. The van der Waals surface area contributed by atoms with E-state index in [4.69, 9.17) is 15.9 Å². The number of benzene rings is 2. The number of carbonyl (C=O) groups is 4. The number of aromatic hydroxyl groups is 2. The standard InChI is InChI=1S/C19H14N4O9/c20-11-14(21-15(26)7-3-1-5-9(12(7)24)18(29)30)22-23(17(11)28)16(27)8-4-2-6-10(13(8)25)19(31)32/h1-6,22,24-25H,20H2,(H,21,26)(H,29,30)(H,31,32). The van der Waals surface area contributed by atoms with Crippen LogP contribution < -0.4 is 16.6 Å². The van der Waals surface area contributed by atoms with E-state index in [9.17, 15) is 34.2 Å². The first-order valence-electron chi connectivity index (χ1n) is 8.61. The van der Waals surface area contributed by atoms with Crippen molar-refractivity contribution < 1.29 is 39.6 Å². The van der Waals surface area contributed by atoms with E-state index < -0.39 is 74.6 Å².